The largest absolute Gasteiger partial charge is 0.340 e. The van der Waals surface area contributed by atoms with E-state index in [-0.39, 0.29) is 30.2 Å². The molecule has 1 unspecified atom stereocenters. The quantitative estimate of drug-likeness (QED) is 0.817. The lowest BCUT2D eigenvalue weighted by atomic mass is 10.0. The van der Waals surface area contributed by atoms with Gasteiger partial charge in [-0.25, -0.2) is 4.39 Å². The number of nitrogens with one attached hydrogen (secondary N) is 1. The SMILES string of the molecule is CN(Cc1ccc(F)cc1)C(=O)CN1CCNCC1c1cccc(Cl)c1.Cl. The molecule has 1 atom stereocenters. The Balaban J connectivity index is 0.00000261. The fourth-order valence-corrected chi connectivity index (χ4v) is 3.42. The van der Waals surface area contributed by atoms with E-state index in [1.165, 1.54) is 12.1 Å². The second-order valence-electron chi connectivity index (χ2n) is 6.62. The molecule has 4 nitrogen and oxygen atoms in total. The van der Waals surface area contributed by atoms with E-state index in [4.69, 9.17) is 11.6 Å². The number of likely N-dealkylation sites (N-methyl/N-ethyl adjacent to an activating group) is 1. The van der Waals surface area contributed by atoms with Crippen molar-refractivity contribution in [2.75, 3.05) is 33.2 Å². The average Bonchev–Trinajstić information content (AvgIpc) is 2.64. The van der Waals surface area contributed by atoms with Crippen molar-refractivity contribution < 1.29 is 9.18 Å². The van der Waals surface area contributed by atoms with E-state index in [2.05, 4.69) is 10.2 Å². The van der Waals surface area contributed by atoms with Crippen LogP contribution in [-0.4, -0.2) is 48.9 Å². The van der Waals surface area contributed by atoms with E-state index in [1.807, 2.05) is 24.3 Å². The van der Waals surface area contributed by atoms with Crippen molar-refractivity contribution in [3.8, 4) is 0 Å². The lowest BCUT2D eigenvalue weighted by Gasteiger charge is -2.37. The molecule has 0 radical (unpaired) electrons. The first kappa shape index (κ1) is 21.6. The number of hydrogen-bond acceptors (Lipinski definition) is 3. The molecule has 1 aliphatic heterocycles. The Morgan fingerprint density at radius 3 is 2.74 bits per heavy atom. The number of hydrogen-bond donors (Lipinski definition) is 1. The minimum absolute atomic E-state index is 0. The zero-order valence-electron chi connectivity index (χ0n) is 15.2. The summed E-state index contributed by atoms with van der Waals surface area (Å²) in [5.74, 6) is -0.226. The van der Waals surface area contributed by atoms with Crippen LogP contribution in [0, 0.1) is 5.82 Å². The van der Waals surface area contributed by atoms with Crippen molar-refractivity contribution in [2.45, 2.75) is 12.6 Å². The number of rotatable bonds is 5. The Kier molecular flexibility index (Phi) is 8.05. The van der Waals surface area contributed by atoms with E-state index >= 15 is 0 Å². The number of benzene rings is 2. The highest BCUT2D eigenvalue weighted by Crippen LogP contribution is 2.24. The van der Waals surface area contributed by atoms with Gasteiger partial charge in [0, 0.05) is 44.3 Å². The van der Waals surface area contributed by atoms with Gasteiger partial charge in [0.2, 0.25) is 5.91 Å². The molecule has 0 saturated carbocycles. The summed E-state index contributed by atoms with van der Waals surface area (Å²) in [6.45, 7) is 3.25. The Morgan fingerprint density at radius 2 is 2.04 bits per heavy atom. The lowest BCUT2D eigenvalue weighted by Crippen LogP contribution is -2.49. The van der Waals surface area contributed by atoms with Gasteiger partial charge in [0.1, 0.15) is 5.82 Å². The van der Waals surface area contributed by atoms with Crippen LogP contribution < -0.4 is 5.32 Å². The number of piperazine rings is 1. The highest BCUT2D eigenvalue weighted by Gasteiger charge is 2.26. The third-order valence-corrected chi connectivity index (χ3v) is 4.92. The number of amides is 1. The van der Waals surface area contributed by atoms with Crippen LogP contribution >= 0.6 is 24.0 Å². The third-order valence-electron chi connectivity index (χ3n) is 4.68. The fourth-order valence-electron chi connectivity index (χ4n) is 3.22. The van der Waals surface area contributed by atoms with Crippen LogP contribution in [0.4, 0.5) is 4.39 Å². The predicted molar refractivity (Wildman–Crippen MR) is 109 cm³/mol. The van der Waals surface area contributed by atoms with Crippen molar-refractivity contribution in [1.82, 2.24) is 15.1 Å². The van der Waals surface area contributed by atoms with Gasteiger partial charge in [-0.05, 0) is 35.4 Å². The maximum Gasteiger partial charge on any atom is 0.236 e. The van der Waals surface area contributed by atoms with Crippen LogP contribution in [0.1, 0.15) is 17.2 Å². The zero-order valence-corrected chi connectivity index (χ0v) is 16.8. The molecule has 27 heavy (non-hydrogen) atoms. The monoisotopic (exact) mass is 411 g/mol. The molecule has 1 amide bonds. The number of nitrogens with zero attached hydrogens (tertiary/aromatic N) is 2. The van der Waals surface area contributed by atoms with Crippen molar-refractivity contribution in [3.05, 3.63) is 70.5 Å². The van der Waals surface area contributed by atoms with Gasteiger partial charge in [-0.3, -0.25) is 9.69 Å². The van der Waals surface area contributed by atoms with Crippen LogP contribution in [-0.2, 0) is 11.3 Å². The molecule has 0 aliphatic carbocycles. The second-order valence-corrected chi connectivity index (χ2v) is 7.06. The molecule has 1 aliphatic rings. The normalized spacial score (nSPS) is 17.2. The van der Waals surface area contributed by atoms with Crippen molar-refractivity contribution >= 4 is 29.9 Å². The van der Waals surface area contributed by atoms with Gasteiger partial charge < -0.3 is 10.2 Å². The standard InChI is InChI=1S/C20H23ClFN3O.ClH/c1-24(13-15-5-7-18(22)8-6-15)20(26)14-25-10-9-23-12-19(25)16-3-2-4-17(21)11-16;/h2-8,11,19,23H,9-10,12-14H2,1H3;1H. The summed E-state index contributed by atoms with van der Waals surface area (Å²) in [5.41, 5.74) is 2.02. The molecule has 1 fully saturated rings. The maximum atomic E-state index is 13.0. The molecule has 1 heterocycles. The first-order chi connectivity index (χ1) is 12.5. The topological polar surface area (TPSA) is 35.6 Å². The maximum absolute atomic E-state index is 13.0. The molecule has 3 rings (SSSR count). The second kappa shape index (κ2) is 10.0. The van der Waals surface area contributed by atoms with Crippen LogP contribution in [0.15, 0.2) is 48.5 Å². The highest BCUT2D eigenvalue weighted by molar-refractivity contribution is 6.30. The molecule has 1 N–H and O–H groups in total. The first-order valence-electron chi connectivity index (χ1n) is 8.71. The Bertz CT molecular complexity index is 757. The van der Waals surface area contributed by atoms with Gasteiger partial charge in [0.15, 0.2) is 0 Å². The van der Waals surface area contributed by atoms with E-state index < -0.39 is 0 Å². The third kappa shape index (κ3) is 5.91. The van der Waals surface area contributed by atoms with Crippen LogP contribution in [0.3, 0.4) is 0 Å². The van der Waals surface area contributed by atoms with E-state index in [0.29, 0.717) is 18.1 Å². The molecule has 7 heteroatoms. The van der Waals surface area contributed by atoms with Gasteiger partial charge in [0.05, 0.1) is 6.54 Å². The number of carbonyl (C=O) groups is 1. The van der Waals surface area contributed by atoms with Gasteiger partial charge >= 0.3 is 0 Å². The van der Waals surface area contributed by atoms with E-state index in [9.17, 15) is 9.18 Å². The fraction of sp³-hybridized carbons (Fsp3) is 0.350. The van der Waals surface area contributed by atoms with Crippen LogP contribution in [0.2, 0.25) is 5.02 Å². The Labute approximate surface area is 170 Å². The van der Waals surface area contributed by atoms with E-state index in [1.54, 1.807) is 24.1 Å². The summed E-state index contributed by atoms with van der Waals surface area (Å²) in [7, 11) is 1.78. The van der Waals surface area contributed by atoms with Crippen molar-refractivity contribution in [1.29, 1.82) is 0 Å². The van der Waals surface area contributed by atoms with Crippen molar-refractivity contribution in [2.24, 2.45) is 0 Å². The van der Waals surface area contributed by atoms with Gasteiger partial charge in [-0.2, -0.15) is 0 Å². The number of halogens is 3. The highest BCUT2D eigenvalue weighted by atomic mass is 35.5. The lowest BCUT2D eigenvalue weighted by molar-refractivity contribution is -0.132. The molecule has 1 saturated heterocycles. The van der Waals surface area contributed by atoms with E-state index in [0.717, 1.165) is 30.8 Å². The molecule has 0 aromatic heterocycles. The summed E-state index contributed by atoms with van der Waals surface area (Å²) in [6, 6.07) is 14.2. The summed E-state index contributed by atoms with van der Waals surface area (Å²) in [4.78, 5) is 16.6. The molecular weight excluding hydrogens is 388 g/mol. The number of carbonyl (C=O) groups excluding carboxylic acids is 1. The smallest absolute Gasteiger partial charge is 0.236 e. The zero-order chi connectivity index (χ0) is 18.5. The predicted octanol–water partition coefficient (Wildman–Crippen LogP) is 3.51. The molecule has 146 valence electrons. The molecule has 0 bridgehead atoms. The molecule has 2 aromatic rings. The summed E-state index contributed by atoms with van der Waals surface area (Å²) < 4.78 is 13.0. The van der Waals surface area contributed by atoms with Gasteiger partial charge in [-0.15, -0.1) is 12.4 Å². The molecular formula is C20H24Cl2FN3O. The minimum Gasteiger partial charge on any atom is -0.340 e. The molecule has 2 aromatic carbocycles. The average molecular weight is 412 g/mol. The molecule has 0 spiro atoms. The summed E-state index contributed by atoms with van der Waals surface area (Å²) in [5, 5.41) is 4.09. The van der Waals surface area contributed by atoms with Gasteiger partial charge in [0.25, 0.3) is 0 Å². The minimum atomic E-state index is -0.270. The Hall–Kier alpha value is -1.66. The van der Waals surface area contributed by atoms with Gasteiger partial charge in [-0.1, -0.05) is 35.9 Å². The Morgan fingerprint density at radius 1 is 1.30 bits per heavy atom. The summed E-state index contributed by atoms with van der Waals surface area (Å²) >= 11 is 6.13. The summed E-state index contributed by atoms with van der Waals surface area (Å²) in [6.07, 6.45) is 0. The van der Waals surface area contributed by atoms with Crippen molar-refractivity contribution in [3.63, 3.8) is 0 Å². The first-order valence-corrected chi connectivity index (χ1v) is 9.09. The van der Waals surface area contributed by atoms with Crippen LogP contribution in [0.5, 0.6) is 0 Å². The van der Waals surface area contributed by atoms with Crippen LogP contribution in [0.25, 0.3) is 0 Å².